The Hall–Kier alpha value is -2.24. The maximum atomic E-state index is 13.3. The lowest BCUT2D eigenvalue weighted by Crippen LogP contribution is -2.32. The van der Waals surface area contributed by atoms with Gasteiger partial charge in [0.25, 0.3) is 11.7 Å². The van der Waals surface area contributed by atoms with Crippen LogP contribution in [0.1, 0.15) is 29.3 Å². The minimum Gasteiger partial charge on any atom is -0.466 e. The third-order valence-electron chi connectivity index (χ3n) is 3.06. The van der Waals surface area contributed by atoms with E-state index in [1.54, 1.807) is 13.8 Å². The van der Waals surface area contributed by atoms with E-state index in [0.29, 0.717) is 11.3 Å². The van der Waals surface area contributed by atoms with Crippen LogP contribution in [0.4, 0.5) is 10.1 Å². The van der Waals surface area contributed by atoms with E-state index in [0.717, 1.165) is 6.07 Å². The molecule has 0 saturated heterocycles. The summed E-state index contributed by atoms with van der Waals surface area (Å²) < 4.78 is 18.1. The first-order chi connectivity index (χ1) is 9.45. The standard InChI is InChI=1S/C14H14FNO4/c1-3-20-11(17)4-5-16-12-8(2)6-9(15)7-10(12)13(18)14(16)19/h6-7H,3-5H2,1-2H3. The Bertz CT molecular complexity index is 597. The van der Waals surface area contributed by atoms with Gasteiger partial charge < -0.3 is 9.64 Å². The molecule has 20 heavy (non-hydrogen) atoms. The van der Waals surface area contributed by atoms with Crippen molar-refractivity contribution in [2.45, 2.75) is 20.3 Å². The average molecular weight is 279 g/mol. The Labute approximate surface area is 115 Å². The van der Waals surface area contributed by atoms with Crippen molar-refractivity contribution in [1.82, 2.24) is 0 Å². The predicted octanol–water partition coefficient (Wildman–Crippen LogP) is 1.62. The van der Waals surface area contributed by atoms with E-state index < -0.39 is 23.5 Å². The third kappa shape index (κ3) is 2.41. The molecule has 1 aliphatic rings. The highest BCUT2D eigenvalue weighted by Crippen LogP contribution is 2.33. The summed E-state index contributed by atoms with van der Waals surface area (Å²) in [4.78, 5) is 36.3. The normalized spacial score (nSPS) is 13.7. The number of hydrogen-bond acceptors (Lipinski definition) is 4. The van der Waals surface area contributed by atoms with Crippen LogP contribution in [0.3, 0.4) is 0 Å². The van der Waals surface area contributed by atoms with Crippen molar-refractivity contribution in [1.29, 1.82) is 0 Å². The zero-order chi connectivity index (χ0) is 14.9. The zero-order valence-electron chi connectivity index (χ0n) is 11.2. The summed E-state index contributed by atoms with van der Waals surface area (Å²) in [6, 6.07) is 2.30. The Balaban J connectivity index is 2.27. The monoisotopic (exact) mass is 279 g/mol. The minimum atomic E-state index is -0.744. The minimum absolute atomic E-state index is 0.0108. The van der Waals surface area contributed by atoms with Gasteiger partial charge in [0, 0.05) is 6.54 Å². The first kappa shape index (κ1) is 14.2. The number of carbonyl (C=O) groups is 3. The number of halogens is 1. The molecule has 0 aromatic heterocycles. The lowest BCUT2D eigenvalue weighted by molar-refractivity contribution is -0.142. The fourth-order valence-electron chi connectivity index (χ4n) is 2.26. The van der Waals surface area contributed by atoms with Crippen LogP contribution in [0.15, 0.2) is 12.1 Å². The summed E-state index contributed by atoms with van der Waals surface area (Å²) in [6.07, 6.45) is -0.0108. The molecule has 1 aliphatic heterocycles. The van der Waals surface area contributed by atoms with Crippen molar-refractivity contribution in [3.05, 3.63) is 29.1 Å². The predicted molar refractivity (Wildman–Crippen MR) is 69.1 cm³/mol. The molecule has 0 spiro atoms. The molecular formula is C14H14FNO4. The van der Waals surface area contributed by atoms with Crippen LogP contribution in [-0.4, -0.2) is 30.8 Å². The summed E-state index contributed by atoms with van der Waals surface area (Å²) in [5, 5.41) is 0. The fourth-order valence-corrected chi connectivity index (χ4v) is 2.26. The van der Waals surface area contributed by atoms with Gasteiger partial charge in [0.2, 0.25) is 0 Å². The van der Waals surface area contributed by atoms with E-state index in [9.17, 15) is 18.8 Å². The van der Waals surface area contributed by atoms with Crippen LogP contribution in [-0.2, 0) is 14.3 Å². The molecule has 0 unspecified atom stereocenters. The number of nitrogens with zero attached hydrogens (tertiary/aromatic N) is 1. The van der Waals surface area contributed by atoms with E-state index in [4.69, 9.17) is 4.74 Å². The van der Waals surface area contributed by atoms with E-state index in [-0.39, 0.29) is 25.1 Å². The number of benzene rings is 1. The van der Waals surface area contributed by atoms with Gasteiger partial charge in [0.05, 0.1) is 24.3 Å². The van der Waals surface area contributed by atoms with Crippen LogP contribution in [0.25, 0.3) is 0 Å². The number of amides is 1. The molecule has 0 fully saturated rings. The number of ketones is 1. The summed E-state index contributed by atoms with van der Waals surface area (Å²) in [6.45, 7) is 3.60. The van der Waals surface area contributed by atoms with E-state index >= 15 is 0 Å². The number of Topliss-reactive ketones (excluding diaryl/α,β-unsaturated/α-hetero) is 1. The van der Waals surface area contributed by atoms with Crippen molar-refractivity contribution < 1.29 is 23.5 Å². The molecule has 1 aromatic carbocycles. The van der Waals surface area contributed by atoms with Crippen molar-refractivity contribution in [2.24, 2.45) is 0 Å². The van der Waals surface area contributed by atoms with Gasteiger partial charge in [-0.3, -0.25) is 14.4 Å². The van der Waals surface area contributed by atoms with Crippen LogP contribution in [0.2, 0.25) is 0 Å². The van der Waals surface area contributed by atoms with E-state index in [2.05, 4.69) is 0 Å². The molecule has 1 amide bonds. The van der Waals surface area contributed by atoms with Gasteiger partial charge in [0.1, 0.15) is 5.82 Å². The molecule has 0 atom stereocenters. The number of fused-ring (bicyclic) bond motifs is 1. The summed E-state index contributed by atoms with van der Waals surface area (Å²) in [7, 11) is 0. The fraction of sp³-hybridized carbons (Fsp3) is 0.357. The topological polar surface area (TPSA) is 63.7 Å². The average Bonchev–Trinajstić information content (AvgIpc) is 2.61. The van der Waals surface area contributed by atoms with Gasteiger partial charge in [-0.15, -0.1) is 0 Å². The maximum Gasteiger partial charge on any atom is 0.307 e. The van der Waals surface area contributed by atoms with Crippen molar-refractivity contribution in [2.75, 3.05) is 18.1 Å². The largest absolute Gasteiger partial charge is 0.466 e. The molecule has 0 N–H and O–H groups in total. The number of esters is 1. The Kier molecular flexibility index (Phi) is 3.83. The molecule has 106 valence electrons. The van der Waals surface area contributed by atoms with Crippen LogP contribution in [0.5, 0.6) is 0 Å². The third-order valence-corrected chi connectivity index (χ3v) is 3.06. The summed E-state index contributed by atoms with van der Waals surface area (Å²) in [5.41, 5.74) is 0.921. The summed E-state index contributed by atoms with van der Waals surface area (Å²) in [5.74, 6) is -2.49. The number of aryl methyl sites for hydroxylation is 1. The lowest BCUT2D eigenvalue weighted by atomic mass is 10.1. The van der Waals surface area contributed by atoms with Crippen molar-refractivity contribution in [3.63, 3.8) is 0 Å². The molecule has 6 heteroatoms. The van der Waals surface area contributed by atoms with Gasteiger partial charge in [-0.05, 0) is 31.5 Å². The van der Waals surface area contributed by atoms with Gasteiger partial charge >= 0.3 is 5.97 Å². The number of rotatable bonds is 4. The van der Waals surface area contributed by atoms with Crippen LogP contribution in [0, 0.1) is 12.7 Å². The highest BCUT2D eigenvalue weighted by Gasteiger charge is 2.37. The number of hydrogen-bond donors (Lipinski definition) is 0. The number of carbonyl (C=O) groups excluding carboxylic acids is 3. The quantitative estimate of drug-likeness (QED) is 0.620. The lowest BCUT2D eigenvalue weighted by Gasteiger charge is -2.17. The van der Waals surface area contributed by atoms with Gasteiger partial charge in [-0.25, -0.2) is 4.39 Å². The zero-order valence-corrected chi connectivity index (χ0v) is 11.2. The van der Waals surface area contributed by atoms with Crippen molar-refractivity contribution in [3.8, 4) is 0 Å². The maximum absolute atomic E-state index is 13.3. The molecule has 0 saturated carbocycles. The second-order valence-electron chi connectivity index (χ2n) is 4.46. The van der Waals surface area contributed by atoms with Gasteiger partial charge in [0.15, 0.2) is 0 Å². The van der Waals surface area contributed by atoms with Crippen molar-refractivity contribution >= 4 is 23.3 Å². The Morgan fingerprint density at radius 3 is 2.70 bits per heavy atom. The second-order valence-corrected chi connectivity index (χ2v) is 4.46. The van der Waals surface area contributed by atoms with E-state index in [1.807, 2.05) is 0 Å². The highest BCUT2D eigenvalue weighted by atomic mass is 19.1. The van der Waals surface area contributed by atoms with Crippen LogP contribution >= 0.6 is 0 Å². The smallest absolute Gasteiger partial charge is 0.307 e. The van der Waals surface area contributed by atoms with Gasteiger partial charge in [-0.1, -0.05) is 0 Å². The first-order valence-corrected chi connectivity index (χ1v) is 6.27. The number of ether oxygens (including phenoxy) is 1. The molecule has 0 bridgehead atoms. The van der Waals surface area contributed by atoms with Crippen LogP contribution < -0.4 is 4.90 Å². The molecule has 0 aliphatic carbocycles. The second kappa shape index (κ2) is 5.40. The molecule has 5 nitrogen and oxygen atoms in total. The van der Waals surface area contributed by atoms with E-state index in [1.165, 1.54) is 11.0 Å². The SMILES string of the molecule is CCOC(=O)CCN1C(=O)C(=O)c2cc(F)cc(C)c21. The highest BCUT2D eigenvalue weighted by molar-refractivity contribution is 6.52. The molecule has 1 heterocycles. The molecule has 1 aromatic rings. The first-order valence-electron chi connectivity index (χ1n) is 6.27. The Morgan fingerprint density at radius 2 is 2.05 bits per heavy atom. The molecule has 0 radical (unpaired) electrons. The molecule has 2 rings (SSSR count). The summed E-state index contributed by atoms with van der Waals surface area (Å²) >= 11 is 0. The number of anilines is 1. The molecular weight excluding hydrogens is 265 g/mol. The Morgan fingerprint density at radius 1 is 1.35 bits per heavy atom. The van der Waals surface area contributed by atoms with Gasteiger partial charge in [-0.2, -0.15) is 0 Å².